The van der Waals surface area contributed by atoms with Crippen LogP contribution in [0, 0.1) is 0 Å². The van der Waals surface area contributed by atoms with Gasteiger partial charge < -0.3 is 19.3 Å². The minimum absolute atomic E-state index is 0.0856. The number of methoxy groups -OCH3 is 1. The molecule has 1 amide bonds. The number of carbonyl (C=O) groups excluding carboxylic acids is 1. The maximum Gasteiger partial charge on any atom is 0.223 e. The number of benzene rings is 1. The fraction of sp³-hybridized carbons (Fsp3) is 0.500. The summed E-state index contributed by atoms with van der Waals surface area (Å²) in [6.07, 6.45) is 6.33. The minimum atomic E-state index is -1.09. The molecule has 0 spiro atoms. The molecular formula is C20H27N3O3. The predicted octanol–water partition coefficient (Wildman–Crippen LogP) is 2.26. The standard InChI is InChI=1S/C20H27N3O3/c1-20(25,15-6-9-17(26-3)10-7-15)18-5-4-12-23(18)19(24)11-8-16-13-21-14-22(16)2/h6-7,9-10,13-14,18,25H,4-5,8,11-12H2,1-3H3. The molecule has 1 N–H and O–H groups in total. The molecule has 26 heavy (non-hydrogen) atoms. The molecule has 0 saturated carbocycles. The quantitative estimate of drug-likeness (QED) is 0.861. The van der Waals surface area contributed by atoms with Gasteiger partial charge in [0.2, 0.25) is 5.91 Å². The number of aromatic nitrogens is 2. The highest BCUT2D eigenvalue weighted by atomic mass is 16.5. The maximum atomic E-state index is 12.8. The zero-order valence-corrected chi connectivity index (χ0v) is 15.7. The number of ether oxygens (including phenoxy) is 1. The molecular weight excluding hydrogens is 330 g/mol. The lowest BCUT2D eigenvalue weighted by molar-refractivity contribution is -0.137. The summed E-state index contributed by atoms with van der Waals surface area (Å²) in [4.78, 5) is 18.7. The summed E-state index contributed by atoms with van der Waals surface area (Å²) in [7, 11) is 3.55. The lowest BCUT2D eigenvalue weighted by Crippen LogP contribution is -2.48. The molecule has 1 aromatic carbocycles. The molecule has 1 aromatic heterocycles. The van der Waals surface area contributed by atoms with Crippen molar-refractivity contribution in [2.45, 2.75) is 44.2 Å². The van der Waals surface area contributed by atoms with Crippen molar-refractivity contribution in [2.24, 2.45) is 7.05 Å². The molecule has 2 aromatic rings. The molecule has 3 rings (SSSR count). The van der Waals surface area contributed by atoms with Gasteiger partial charge in [-0.15, -0.1) is 0 Å². The third-order valence-electron chi connectivity index (χ3n) is 5.41. The van der Waals surface area contributed by atoms with Crippen LogP contribution in [0.3, 0.4) is 0 Å². The smallest absolute Gasteiger partial charge is 0.223 e. The van der Waals surface area contributed by atoms with E-state index in [-0.39, 0.29) is 11.9 Å². The summed E-state index contributed by atoms with van der Waals surface area (Å²) in [6, 6.07) is 7.21. The minimum Gasteiger partial charge on any atom is -0.497 e. The van der Waals surface area contributed by atoms with E-state index in [0.29, 0.717) is 19.4 Å². The number of hydrogen-bond acceptors (Lipinski definition) is 4. The maximum absolute atomic E-state index is 12.8. The fourth-order valence-electron chi connectivity index (χ4n) is 3.77. The number of nitrogens with zero attached hydrogens (tertiary/aromatic N) is 3. The molecule has 1 aliphatic heterocycles. The van der Waals surface area contributed by atoms with Crippen LogP contribution in [-0.4, -0.2) is 45.2 Å². The van der Waals surface area contributed by atoms with Crippen molar-refractivity contribution in [2.75, 3.05) is 13.7 Å². The Morgan fingerprint density at radius 2 is 2.12 bits per heavy atom. The summed E-state index contributed by atoms with van der Waals surface area (Å²) in [5.41, 5.74) is 0.746. The Balaban J connectivity index is 1.71. The van der Waals surface area contributed by atoms with Gasteiger partial charge in [-0.3, -0.25) is 4.79 Å². The Hall–Kier alpha value is -2.34. The number of carbonyl (C=O) groups is 1. The first-order valence-electron chi connectivity index (χ1n) is 9.05. The van der Waals surface area contributed by atoms with Gasteiger partial charge in [-0.1, -0.05) is 12.1 Å². The first kappa shape index (κ1) is 18.5. The third kappa shape index (κ3) is 3.60. The highest BCUT2D eigenvalue weighted by Crippen LogP contribution is 2.35. The molecule has 0 aliphatic carbocycles. The number of likely N-dealkylation sites (tertiary alicyclic amines) is 1. The number of amides is 1. The van der Waals surface area contributed by atoms with Crippen LogP contribution in [0.15, 0.2) is 36.8 Å². The number of imidazole rings is 1. The van der Waals surface area contributed by atoms with Crippen LogP contribution in [-0.2, 0) is 23.9 Å². The summed E-state index contributed by atoms with van der Waals surface area (Å²) in [6.45, 7) is 2.49. The van der Waals surface area contributed by atoms with Crippen molar-refractivity contribution in [3.63, 3.8) is 0 Å². The summed E-state index contributed by atoms with van der Waals surface area (Å²) in [5.74, 6) is 0.836. The van der Waals surface area contributed by atoms with E-state index in [0.717, 1.165) is 29.8 Å². The molecule has 1 saturated heterocycles. The van der Waals surface area contributed by atoms with E-state index in [1.165, 1.54) is 0 Å². The Kier molecular flexibility index (Phi) is 5.32. The second kappa shape index (κ2) is 7.50. The predicted molar refractivity (Wildman–Crippen MR) is 98.8 cm³/mol. The summed E-state index contributed by atoms with van der Waals surface area (Å²) < 4.78 is 7.12. The Morgan fingerprint density at radius 1 is 1.38 bits per heavy atom. The molecule has 2 heterocycles. The number of hydrogen-bond donors (Lipinski definition) is 1. The second-order valence-corrected chi connectivity index (χ2v) is 7.12. The lowest BCUT2D eigenvalue weighted by Gasteiger charge is -2.37. The van der Waals surface area contributed by atoms with Crippen molar-refractivity contribution < 1.29 is 14.6 Å². The van der Waals surface area contributed by atoms with E-state index in [1.807, 2.05) is 40.8 Å². The zero-order chi connectivity index (χ0) is 18.7. The van der Waals surface area contributed by atoms with Gasteiger partial charge in [0, 0.05) is 31.9 Å². The number of aryl methyl sites for hydroxylation is 2. The molecule has 6 nitrogen and oxygen atoms in total. The van der Waals surface area contributed by atoms with Crippen LogP contribution in [0.4, 0.5) is 0 Å². The van der Waals surface area contributed by atoms with Crippen molar-refractivity contribution in [3.05, 3.63) is 48.0 Å². The SMILES string of the molecule is COc1ccc(C(C)(O)C2CCCN2C(=O)CCc2cncn2C)cc1. The van der Waals surface area contributed by atoms with Gasteiger partial charge in [0.05, 0.1) is 19.5 Å². The Morgan fingerprint density at radius 3 is 2.73 bits per heavy atom. The van der Waals surface area contributed by atoms with Gasteiger partial charge >= 0.3 is 0 Å². The average molecular weight is 357 g/mol. The number of rotatable bonds is 6. The van der Waals surface area contributed by atoms with Crippen LogP contribution in [0.25, 0.3) is 0 Å². The fourth-order valence-corrected chi connectivity index (χ4v) is 3.77. The average Bonchev–Trinajstić information content (AvgIpc) is 3.29. The van der Waals surface area contributed by atoms with E-state index < -0.39 is 5.60 Å². The normalized spacial score (nSPS) is 19.4. The van der Waals surface area contributed by atoms with Gasteiger partial charge in [0.15, 0.2) is 0 Å². The summed E-state index contributed by atoms with van der Waals surface area (Å²) in [5, 5.41) is 11.2. The first-order valence-corrected chi connectivity index (χ1v) is 9.05. The van der Waals surface area contributed by atoms with Crippen LogP contribution < -0.4 is 4.74 Å². The van der Waals surface area contributed by atoms with Gasteiger partial charge in [-0.25, -0.2) is 4.98 Å². The Labute approximate surface area is 154 Å². The van der Waals surface area contributed by atoms with Crippen LogP contribution >= 0.6 is 0 Å². The zero-order valence-electron chi connectivity index (χ0n) is 15.7. The Bertz CT molecular complexity index is 752. The van der Waals surface area contributed by atoms with Crippen molar-refractivity contribution in [1.82, 2.24) is 14.5 Å². The third-order valence-corrected chi connectivity index (χ3v) is 5.41. The molecule has 140 valence electrons. The topological polar surface area (TPSA) is 67.6 Å². The molecule has 0 radical (unpaired) electrons. The molecule has 2 atom stereocenters. The van der Waals surface area contributed by atoms with E-state index in [4.69, 9.17) is 4.74 Å². The van der Waals surface area contributed by atoms with Crippen LogP contribution in [0.5, 0.6) is 5.75 Å². The highest BCUT2D eigenvalue weighted by molar-refractivity contribution is 5.77. The molecule has 2 unspecified atom stereocenters. The largest absolute Gasteiger partial charge is 0.497 e. The van der Waals surface area contributed by atoms with Crippen molar-refractivity contribution in [1.29, 1.82) is 0 Å². The van der Waals surface area contributed by atoms with Crippen molar-refractivity contribution >= 4 is 5.91 Å². The van der Waals surface area contributed by atoms with Gasteiger partial charge in [0.25, 0.3) is 0 Å². The summed E-state index contributed by atoms with van der Waals surface area (Å²) >= 11 is 0. The van der Waals surface area contributed by atoms with Gasteiger partial charge in [-0.2, -0.15) is 0 Å². The van der Waals surface area contributed by atoms with E-state index in [2.05, 4.69) is 4.98 Å². The van der Waals surface area contributed by atoms with Crippen LogP contribution in [0.2, 0.25) is 0 Å². The van der Waals surface area contributed by atoms with E-state index in [1.54, 1.807) is 26.6 Å². The van der Waals surface area contributed by atoms with Gasteiger partial charge in [0.1, 0.15) is 11.4 Å². The second-order valence-electron chi connectivity index (χ2n) is 7.12. The molecule has 0 bridgehead atoms. The van der Waals surface area contributed by atoms with Crippen molar-refractivity contribution in [3.8, 4) is 5.75 Å². The van der Waals surface area contributed by atoms with Crippen LogP contribution in [0.1, 0.15) is 37.4 Å². The molecule has 1 aliphatic rings. The monoisotopic (exact) mass is 357 g/mol. The number of aliphatic hydroxyl groups is 1. The first-order chi connectivity index (χ1) is 12.4. The lowest BCUT2D eigenvalue weighted by atomic mass is 9.86. The molecule has 1 fully saturated rings. The van der Waals surface area contributed by atoms with E-state index >= 15 is 0 Å². The highest BCUT2D eigenvalue weighted by Gasteiger charge is 2.42. The van der Waals surface area contributed by atoms with Gasteiger partial charge in [-0.05, 0) is 43.9 Å². The van der Waals surface area contributed by atoms with E-state index in [9.17, 15) is 9.90 Å². The molecule has 6 heteroatoms.